The quantitative estimate of drug-likeness (QED) is 0.247. The zero-order valence-electron chi connectivity index (χ0n) is 15.5. The fraction of sp³-hybridized carbons (Fsp3) is 0.750. The maximum absolute atomic E-state index is 10.8. The highest BCUT2D eigenvalue weighted by molar-refractivity contribution is 5.81. The summed E-state index contributed by atoms with van der Waals surface area (Å²) in [4.78, 5) is 15.6. The molecule has 1 rings (SSSR count). The van der Waals surface area contributed by atoms with Crippen LogP contribution in [-0.2, 0) is 9.53 Å². The van der Waals surface area contributed by atoms with Crippen LogP contribution in [-0.4, -0.2) is 42.1 Å². The molecule has 0 aromatic rings. The van der Waals surface area contributed by atoms with E-state index in [0.717, 1.165) is 26.1 Å². The second-order valence-corrected chi connectivity index (χ2v) is 6.56. The zero-order valence-corrected chi connectivity index (χ0v) is 15.5. The Morgan fingerprint density at radius 3 is 2.04 bits per heavy atom. The van der Waals surface area contributed by atoms with Crippen molar-refractivity contribution in [2.45, 2.75) is 71.1 Å². The van der Waals surface area contributed by atoms with Crippen LogP contribution in [0.5, 0.6) is 0 Å². The van der Waals surface area contributed by atoms with Gasteiger partial charge in [-0.25, -0.2) is 4.79 Å². The molecule has 0 fully saturated rings. The summed E-state index contributed by atoms with van der Waals surface area (Å²) in [6.07, 6.45) is 18.4. The van der Waals surface area contributed by atoms with Crippen LogP contribution in [0.25, 0.3) is 0 Å². The monoisotopic (exact) mass is 336 g/mol. The third kappa shape index (κ3) is 10.3. The molecule has 0 aromatic carbocycles. The van der Waals surface area contributed by atoms with E-state index in [2.05, 4.69) is 35.7 Å². The molecular formula is C20H36N2O2. The van der Waals surface area contributed by atoms with E-state index in [1.54, 1.807) is 0 Å². The summed E-state index contributed by atoms with van der Waals surface area (Å²) in [5.41, 5.74) is 0. The minimum Gasteiger partial charge on any atom is -0.463 e. The van der Waals surface area contributed by atoms with Crippen molar-refractivity contribution in [2.75, 3.05) is 26.4 Å². The Bertz CT molecular complexity index is 369. The van der Waals surface area contributed by atoms with Crippen LogP contribution in [0.2, 0.25) is 0 Å². The minimum absolute atomic E-state index is 0.307. The highest BCUT2D eigenvalue weighted by Gasteiger charge is 2.08. The van der Waals surface area contributed by atoms with Crippen molar-refractivity contribution < 1.29 is 9.53 Å². The van der Waals surface area contributed by atoms with E-state index in [0.29, 0.717) is 6.61 Å². The molecule has 0 unspecified atom stereocenters. The first-order valence-electron chi connectivity index (χ1n) is 9.72. The Labute approximate surface area is 148 Å². The average Bonchev–Trinajstić information content (AvgIpc) is 3.06. The zero-order chi connectivity index (χ0) is 17.5. The third-order valence-corrected chi connectivity index (χ3v) is 4.51. The van der Waals surface area contributed by atoms with Crippen LogP contribution in [0, 0.1) is 0 Å². The van der Waals surface area contributed by atoms with E-state index in [1.807, 2.05) is 0 Å². The van der Waals surface area contributed by atoms with Crippen LogP contribution in [0.15, 0.2) is 25.1 Å². The van der Waals surface area contributed by atoms with Crippen molar-refractivity contribution in [1.82, 2.24) is 9.80 Å². The normalized spacial score (nSPS) is 13.5. The lowest BCUT2D eigenvalue weighted by Gasteiger charge is -2.19. The molecular weight excluding hydrogens is 300 g/mol. The molecule has 0 saturated carbocycles. The molecule has 0 spiro atoms. The summed E-state index contributed by atoms with van der Waals surface area (Å²) in [6.45, 7) is 9.49. The lowest BCUT2D eigenvalue weighted by Crippen LogP contribution is -2.25. The summed E-state index contributed by atoms with van der Waals surface area (Å²) < 4.78 is 4.96. The predicted octanol–water partition coefficient (Wildman–Crippen LogP) is 4.68. The molecule has 138 valence electrons. The molecule has 0 bridgehead atoms. The van der Waals surface area contributed by atoms with E-state index in [4.69, 9.17) is 4.74 Å². The second-order valence-electron chi connectivity index (χ2n) is 6.56. The van der Waals surface area contributed by atoms with Gasteiger partial charge in [0.05, 0.1) is 13.3 Å². The fourth-order valence-electron chi connectivity index (χ4n) is 2.93. The molecule has 0 amide bonds. The summed E-state index contributed by atoms with van der Waals surface area (Å²) in [7, 11) is 0. The number of ether oxygens (including phenoxy) is 1. The van der Waals surface area contributed by atoms with Gasteiger partial charge >= 0.3 is 5.97 Å². The van der Waals surface area contributed by atoms with Crippen molar-refractivity contribution in [3.63, 3.8) is 0 Å². The molecule has 0 N–H and O–H groups in total. The molecule has 0 radical (unpaired) electrons. The second kappa shape index (κ2) is 13.9. The van der Waals surface area contributed by atoms with Crippen molar-refractivity contribution in [1.29, 1.82) is 0 Å². The standard InChI is InChI=1S/C20H36N2O2/c1-3-20(23)24-18-14-12-10-8-6-5-7-9-11-13-15-22-17-16-21(4-2)19-22/h3,16-17H,1,4-15,18-19H2,2H3. The average molecular weight is 337 g/mol. The maximum Gasteiger partial charge on any atom is 0.330 e. The van der Waals surface area contributed by atoms with Gasteiger partial charge in [0, 0.05) is 31.6 Å². The Hall–Kier alpha value is -1.45. The van der Waals surface area contributed by atoms with Crippen molar-refractivity contribution >= 4 is 5.97 Å². The van der Waals surface area contributed by atoms with Crippen LogP contribution < -0.4 is 0 Å². The lowest BCUT2D eigenvalue weighted by molar-refractivity contribution is -0.137. The summed E-state index contributed by atoms with van der Waals surface area (Å²) in [6, 6.07) is 0. The first kappa shape index (κ1) is 20.6. The van der Waals surface area contributed by atoms with E-state index in [1.165, 1.54) is 64.0 Å². The van der Waals surface area contributed by atoms with E-state index in [9.17, 15) is 4.79 Å². The van der Waals surface area contributed by atoms with Gasteiger partial charge in [-0.2, -0.15) is 0 Å². The van der Waals surface area contributed by atoms with Gasteiger partial charge in [0.25, 0.3) is 0 Å². The number of unbranched alkanes of at least 4 members (excludes halogenated alkanes) is 9. The number of carbonyl (C=O) groups is 1. The van der Waals surface area contributed by atoms with Crippen molar-refractivity contribution in [3.05, 3.63) is 25.1 Å². The van der Waals surface area contributed by atoms with Crippen LogP contribution in [0.1, 0.15) is 71.1 Å². The largest absolute Gasteiger partial charge is 0.463 e. The van der Waals surface area contributed by atoms with E-state index >= 15 is 0 Å². The molecule has 1 heterocycles. The number of nitrogens with zero attached hydrogens (tertiary/aromatic N) is 2. The number of hydrogen-bond donors (Lipinski definition) is 0. The topological polar surface area (TPSA) is 32.8 Å². The molecule has 4 nitrogen and oxygen atoms in total. The highest BCUT2D eigenvalue weighted by Crippen LogP contribution is 2.12. The van der Waals surface area contributed by atoms with Crippen molar-refractivity contribution in [3.8, 4) is 0 Å². The predicted molar refractivity (Wildman–Crippen MR) is 100 cm³/mol. The van der Waals surface area contributed by atoms with Crippen LogP contribution in [0.3, 0.4) is 0 Å². The van der Waals surface area contributed by atoms with Crippen molar-refractivity contribution in [2.24, 2.45) is 0 Å². The van der Waals surface area contributed by atoms with Gasteiger partial charge < -0.3 is 14.5 Å². The van der Waals surface area contributed by atoms with Gasteiger partial charge in [-0.15, -0.1) is 0 Å². The first-order chi connectivity index (χ1) is 11.8. The number of rotatable bonds is 15. The first-order valence-corrected chi connectivity index (χ1v) is 9.72. The van der Waals surface area contributed by atoms with Gasteiger partial charge in [0.2, 0.25) is 0 Å². The molecule has 4 heteroatoms. The van der Waals surface area contributed by atoms with Gasteiger partial charge in [0.1, 0.15) is 0 Å². The van der Waals surface area contributed by atoms with Gasteiger partial charge in [-0.3, -0.25) is 0 Å². The van der Waals surface area contributed by atoms with Gasteiger partial charge in [0.15, 0.2) is 0 Å². The maximum atomic E-state index is 10.8. The number of esters is 1. The SMILES string of the molecule is C=CC(=O)OCCCCCCCCCCCCN1C=CN(CC)C1. The van der Waals surface area contributed by atoms with Crippen LogP contribution in [0.4, 0.5) is 0 Å². The Morgan fingerprint density at radius 2 is 1.50 bits per heavy atom. The Kier molecular flexibility index (Phi) is 12.0. The molecule has 0 aliphatic carbocycles. The van der Waals surface area contributed by atoms with Gasteiger partial charge in [-0.1, -0.05) is 57.9 Å². The summed E-state index contributed by atoms with van der Waals surface area (Å²) >= 11 is 0. The number of carbonyl (C=O) groups excluding carboxylic acids is 1. The van der Waals surface area contributed by atoms with Gasteiger partial charge in [-0.05, 0) is 19.8 Å². The third-order valence-electron chi connectivity index (χ3n) is 4.51. The van der Waals surface area contributed by atoms with E-state index < -0.39 is 0 Å². The highest BCUT2D eigenvalue weighted by atomic mass is 16.5. The molecule has 0 saturated heterocycles. The molecule has 0 atom stereocenters. The lowest BCUT2D eigenvalue weighted by atomic mass is 10.1. The Balaban J connectivity index is 1.74. The smallest absolute Gasteiger partial charge is 0.330 e. The molecule has 1 aliphatic heterocycles. The summed E-state index contributed by atoms with van der Waals surface area (Å²) in [5, 5.41) is 0. The van der Waals surface area contributed by atoms with Crippen LogP contribution >= 0.6 is 0 Å². The fourth-order valence-corrected chi connectivity index (χ4v) is 2.93. The molecule has 1 aliphatic rings. The molecule has 0 aromatic heterocycles. The Morgan fingerprint density at radius 1 is 0.958 bits per heavy atom. The minimum atomic E-state index is -0.307. The summed E-state index contributed by atoms with van der Waals surface area (Å²) in [5.74, 6) is -0.307. The number of hydrogen-bond acceptors (Lipinski definition) is 4. The molecule has 24 heavy (non-hydrogen) atoms. The van der Waals surface area contributed by atoms with E-state index in [-0.39, 0.29) is 5.97 Å².